The van der Waals surface area contributed by atoms with E-state index < -0.39 is 0 Å². The van der Waals surface area contributed by atoms with Crippen molar-refractivity contribution in [1.82, 2.24) is 10.3 Å². The van der Waals surface area contributed by atoms with Crippen LogP contribution >= 0.6 is 11.3 Å². The summed E-state index contributed by atoms with van der Waals surface area (Å²) in [5.41, 5.74) is 1.16. The molecule has 2 heterocycles. The average Bonchev–Trinajstić information content (AvgIpc) is 3.34. The number of ether oxygens (including phenoxy) is 1. The zero-order valence-electron chi connectivity index (χ0n) is 13.8. The van der Waals surface area contributed by atoms with E-state index in [1.54, 1.807) is 11.3 Å². The van der Waals surface area contributed by atoms with Crippen LogP contribution in [0.15, 0.2) is 30.5 Å². The second kappa shape index (κ2) is 6.55. The molecule has 1 amide bonds. The Morgan fingerprint density at radius 2 is 2.21 bits per heavy atom. The third-order valence-corrected chi connectivity index (χ3v) is 5.83. The minimum Gasteiger partial charge on any atom is -0.493 e. The van der Waals surface area contributed by atoms with Gasteiger partial charge in [0.1, 0.15) is 10.8 Å². The molecule has 1 aliphatic heterocycles. The van der Waals surface area contributed by atoms with Crippen molar-refractivity contribution < 1.29 is 9.53 Å². The van der Waals surface area contributed by atoms with Crippen LogP contribution in [0.25, 0.3) is 0 Å². The molecule has 1 aromatic carbocycles. The summed E-state index contributed by atoms with van der Waals surface area (Å²) in [5.74, 6) is 1.85. The number of aryl methyl sites for hydroxylation is 1. The van der Waals surface area contributed by atoms with Crippen LogP contribution in [0.1, 0.15) is 53.1 Å². The van der Waals surface area contributed by atoms with Gasteiger partial charge in [-0.3, -0.25) is 4.79 Å². The first kappa shape index (κ1) is 15.6. The van der Waals surface area contributed by atoms with Crippen LogP contribution in [0.5, 0.6) is 5.75 Å². The van der Waals surface area contributed by atoms with Crippen molar-refractivity contribution in [2.45, 2.75) is 44.6 Å². The number of thiazole rings is 1. The molecule has 1 saturated carbocycles. The lowest BCUT2D eigenvalue weighted by atomic mass is 9.90. The van der Waals surface area contributed by atoms with E-state index in [2.05, 4.69) is 23.3 Å². The van der Waals surface area contributed by atoms with Gasteiger partial charge in [-0.25, -0.2) is 4.98 Å². The molecule has 5 heteroatoms. The fourth-order valence-corrected chi connectivity index (χ4v) is 4.33. The zero-order chi connectivity index (χ0) is 16.5. The average molecular weight is 342 g/mol. The fraction of sp³-hybridized carbons (Fsp3) is 0.474. The highest BCUT2D eigenvalue weighted by Gasteiger charge is 2.35. The highest BCUT2D eigenvalue weighted by Crippen LogP contribution is 2.42. The van der Waals surface area contributed by atoms with E-state index in [4.69, 9.17) is 4.74 Å². The van der Waals surface area contributed by atoms with Crippen LogP contribution in [0.2, 0.25) is 0 Å². The molecule has 0 saturated heterocycles. The number of rotatable bonds is 5. The quantitative estimate of drug-likeness (QED) is 0.894. The van der Waals surface area contributed by atoms with Gasteiger partial charge in [-0.15, -0.1) is 11.3 Å². The topological polar surface area (TPSA) is 51.2 Å². The van der Waals surface area contributed by atoms with Crippen molar-refractivity contribution in [1.29, 1.82) is 0 Å². The van der Waals surface area contributed by atoms with Gasteiger partial charge in [-0.2, -0.15) is 0 Å². The predicted molar refractivity (Wildman–Crippen MR) is 94.4 cm³/mol. The minimum atomic E-state index is 0.0892. The Hall–Kier alpha value is -1.88. The van der Waals surface area contributed by atoms with Crippen LogP contribution < -0.4 is 10.1 Å². The number of nitrogens with zero attached hydrogens (tertiary/aromatic N) is 1. The Morgan fingerprint density at radius 1 is 1.38 bits per heavy atom. The van der Waals surface area contributed by atoms with Crippen LogP contribution in [0.3, 0.4) is 0 Å². The van der Waals surface area contributed by atoms with E-state index in [-0.39, 0.29) is 17.9 Å². The van der Waals surface area contributed by atoms with Crippen molar-refractivity contribution in [3.8, 4) is 5.75 Å². The largest absolute Gasteiger partial charge is 0.493 e. The summed E-state index contributed by atoms with van der Waals surface area (Å²) < 4.78 is 5.70. The van der Waals surface area contributed by atoms with Crippen molar-refractivity contribution >= 4 is 17.2 Å². The Bertz CT molecular complexity index is 738. The van der Waals surface area contributed by atoms with Gasteiger partial charge in [0.25, 0.3) is 0 Å². The number of carbonyl (C=O) groups excluding carboxylic acids is 1. The van der Waals surface area contributed by atoms with Crippen LogP contribution in [-0.2, 0) is 4.79 Å². The molecule has 0 radical (unpaired) electrons. The third-order valence-electron chi connectivity index (χ3n) is 4.83. The maximum absolute atomic E-state index is 12.7. The first-order valence-corrected chi connectivity index (χ1v) is 9.46. The summed E-state index contributed by atoms with van der Waals surface area (Å²) in [6.07, 6.45) is 5.69. The molecule has 4 rings (SSSR count). The second-order valence-electron chi connectivity index (χ2n) is 6.77. The highest BCUT2D eigenvalue weighted by atomic mass is 32.1. The van der Waals surface area contributed by atoms with E-state index >= 15 is 0 Å². The molecule has 1 fully saturated rings. The number of nitrogens with one attached hydrogen (secondary N) is 1. The van der Waals surface area contributed by atoms with Crippen molar-refractivity contribution in [2.24, 2.45) is 5.92 Å². The summed E-state index contributed by atoms with van der Waals surface area (Å²) in [6.45, 7) is 2.75. The molecule has 2 aliphatic rings. The number of para-hydroxylation sites is 1. The molecule has 2 aromatic rings. The van der Waals surface area contributed by atoms with Crippen molar-refractivity contribution in [3.05, 3.63) is 45.9 Å². The standard InChI is InChI=1S/C19H22N2O2S/c1-12-11-20-19(24-12)18(13-6-7-13)21-17(22)10-14-8-9-23-16-5-3-2-4-15(14)16/h2-5,11,13-14,18H,6-10H2,1H3,(H,21,22)/t14-,18+/m0/s1. The molecule has 126 valence electrons. The fourth-order valence-electron chi connectivity index (χ4n) is 3.41. The molecule has 1 N–H and O–H groups in total. The number of fused-ring (bicyclic) bond motifs is 1. The number of carbonyl (C=O) groups is 1. The Labute approximate surface area is 146 Å². The van der Waals surface area contributed by atoms with Crippen LogP contribution in [-0.4, -0.2) is 17.5 Å². The van der Waals surface area contributed by atoms with Gasteiger partial charge >= 0.3 is 0 Å². The smallest absolute Gasteiger partial charge is 0.221 e. The molecule has 0 bridgehead atoms. The maximum Gasteiger partial charge on any atom is 0.221 e. The molecular weight excluding hydrogens is 320 g/mol. The third kappa shape index (κ3) is 3.31. The monoisotopic (exact) mass is 342 g/mol. The van der Waals surface area contributed by atoms with E-state index in [9.17, 15) is 4.79 Å². The molecular formula is C19H22N2O2S. The minimum absolute atomic E-state index is 0.0892. The Kier molecular flexibility index (Phi) is 4.27. The Morgan fingerprint density at radius 3 is 2.96 bits per heavy atom. The van der Waals surface area contributed by atoms with E-state index in [0.29, 0.717) is 18.9 Å². The van der Waals surface area contributed by atoms with Gasteiger partial charge in [0.2, 0.25) is 5.91 Å². The predicted octanol–water partition coefficient (Wildman–Crippen LogP) is 3.98. The van der Waals surface area contributed by atoms with Gasteiger partial charge in [-0.1, -0.05) is 18.2 Å². The number of benzene rings is 1. The molecule has 2 atom stereocenters. The lowest BCUT2D eigenvalue weighted by Gasteiger charge is -2.26. The van der Waals surface area contributed by atoms with Gasteiger partial charge in [0.05, 0.1) is 12.6 Å². The summed E-state index contributed by atoms with van der Waals surface area (Å²) in [6, 6.07) is 8.16. The lowest BCUT2D eigenvalue weighted by molar-refractivity contribution is -0.122. The summed E-state index contributed by atoms with van der Waals surface area (Å²) >= 11 is 1.69. The van der Waals surface area contributed by atoms with Gasteiger partial charge in [0.15, 0.2) is 0 Å². The van der Waals surface area contributed by atoms with Gasteiger partial charge in [-0.05, 0) is 49.7 Å². The second-order valence-corrected chi connectivity index (χ2v) is 8.03. The lowest BCUT2D eigenvalue weighted by Crippen LogP contribution is -2.31. The molecule has 4 nitrogen and oxygen atoms in total. The van der Waals surface area contributed by atoms with E-state index in [1.807, 2.05) is 24.4 Å². The van der Waals surface area contributed by atoms with Crippen molar-refractivity contribution in [2.75, 3.05) is 6.61 Å². The molecule has 0 spiro atoms. The summed E-state index contributed by atoms with van der Waals surface area (Å²) in [4.78, 5) is 18.4. The molecule has 0 unspecified atom stereocenters. The maximum atomic E-state index is 12.7. The normalized spacial score (nSPS) is 20.8. The zero-order valence-corrected chi connectivity index (χ0v) is 14.6. The van der Waals surface area contributed by atoms with E-state index in [1.165, 1.54) is 17.7 Å². The molecule has 1 aliphatic carbocycles. The van der Waals surface area contributed by atoms with E-state index in [0.717, 1.165) is 22.7 Å². The Balaban J connectivity index is 1.45. The molecule has 24 heavy (non-hydrogen) atoms. The van der Waals surface area contributed by atoms with Gasteiger partial charge < -0.3 is 10.1 Å². The highest BCUT2D eigenvalue weighted by molar-refractivity contribution is 7.11. The first-order chi connectivity index (χ1) is 11.7. The SMILES string of the molecule is Cc1cnc([C@H](NC(=O)C[C@@H]2CCOc3ccccc32)C2CC2)s1. The molecule has 1 aromatic heterocycles. The number of hydrogen-bond acceptors (Lipinski definition) is 4. The van der Waals surface area contributed by atoms with Crippen LogP contribution in [0, 0.1) is 12.8 Å². The number of hydrogen-bond donors (Lipinski definition) is 1. The first-order valence-electron chi connectivity index (χ1n) is 8.64. The number of aromatic nitrogens is 1. The van der Waals surface area contributed by atoms with Gasteiger partial charge in [0, 0.05) is 17.5 Å². The summed E-state index contributed by atoms with van der Waals surface area (Å²) in [5, 5.41) is 4.31. The van der Waals surface area contributed by atoms with Crippen molar-refractivity contribution in [3.63, 3.8) is 0 Å². The number of amides is 1. The summed E-state index contributed by atoms with van der Waals surface area (Å²) in [7, 11) is 0. The van der Waals surface area contributed by atoms with Crippen LogP contribution in [0.4, 0.5) is 0 Å².